The van der Waals surface area contributed by atoms with Crippen molar-refractivity contribution < 1.29 is 8.78 Å². The summed E-state index contributed by atoms with van der Waals surface area (Å²) in [5, 5.41) is 3.23. The lowest BCUT2D eigenvalue weighted by molar-refractivity contribution is 0.145. The highest BCUT2D eigenvalue weighted by molar-refractivity contribution is 5.41. The molecule has 0 aromatic carbocycles. The van der Waals surface area contributed by atoms with E-state index in [1.165, 1.54) is 6.07 Å². The minimum Gasteiger partial charge on any atom is -0.354 e. The molecule has 1 fully saturated rings. The normalized spacial score (nSPS) is 17.1. The van der Waals surface area contributed by atoms with Crippen LogP contribution in [0.2, 0.25) is 0 Å². The summed E-state index contributed by atoms with van der Waals surface area (Å²) in [5.41, 5.74) is -0.526. The standard InChI is InChI=1S/C13H20F2N4/c1-13(2,3)12-17-9(11(14)15)8-10(18-12)19-6-4-16-5-7-19/h8,11,16H,4-7H2,1-3H3. The fraction of sp³-hybridized carbons (Fsp3) is 0.692. The number of halogens is 2. The predicted octanol–water partition coefficient (Wildman–Crippen LogP) is 2.12. The average molecular weight is 270 g/mol. The van der Waals surface area contributed by atoms with E-state index in [0.29, 0.717) is 11.6 Å². The second-order valence-corrected chi connectivity index (χ2v) is 5.76. The molecule has 4 nitrogen and oxygen atoms in total. The van der Waals surface area contributed by atoms with E-state index in [9.17, 15) is 8.78 Å². The van der Waals surface area contributed by atoms with E-state index >= 15 is 0 Å². The first-order valence-corrected chi connectivity index (χ1v) is 6.51. The third-order valence-corrected chi connectivity index (χ3v) is 3.07. The Hall–Kier alpha value is -1.30. The molecule has 106 valence electrons. The highest BCUT2D eigenvalue weighted by Crippen LogP contribution is 2.26. The van der Waals surface area contributed by atoms with Crippen LogP contribution in [0, 0.1) is 0 Å². The molecule has 0 radical (unpaired) electrons. The van der Waals surface area contributed by atoms with Gasteiger partial charge in [-0.25, -0.2) is 18.7 Å². The molecule has 0 spiro atoms. The summed E-state index contributed by atoms with van der Waals surface area (Å²) < 4.78 is 25.9. The molecular formula is C13H20F2N4. The summed E-state index contributed by atoms with van der Waals surface area (Å²) >= 11 is 0. The molecule has 1 aliphatic heterocycles. The van der Waals surface area contributed by atoms with Crippen molar-refractivity contribution in [1.82, 2.24) is 15.3 Å². The Balaban J connectivity index is 2.39. The molecule has 2 heterocycles. The van der Waals surface area contributed by atoms with Gasteiger partial charge in [-0.3, -0.25) is 0 Å². The zero-order valence-electron chi connectivity index (χ0n) is 11.6. The molecule has 1 aromatic rings. The largest absolute Gasteiger partial charge is 0.354 e. The van der Waals surface area contributed by atoms with Crippen LogP contribution in [0.4, 0.5) is 14.6 Å². The number of piperazine rings is 1. The predicted molar refractivity (Wildman–Crippen MR) is 70.8 cm³/mol. The Morgan fingerprint density at radius 1 is 1.21 bits per heavy atom. The lowest BCUT2D eigenvalue weighted by atomic mass is 9.95. The first kappa shape index (κ1) is 14.1. The minimum absolute atomic E-state index is 0.187. The van der Waals surface area contributed by atoms with Gasteiger partial charge in [0.25, 0.3) is 6.43 Å². The molecule has 0 unspecified atom stereocenters. The van der Waals surface area contributed by atoms with Crippen molar-refractivity contribution in [3.05, 3.63) is 17.6 Å². The van der Waals surface area contributed by atoms with Crippen LogP contribution in [-0.2, 0) is 5.41 Å². The Kier molecular flexibility index (Phi) is 3.99. The quantitative estimate of drug-likeness (QED) is 0.893. The minimum atomic E-state index is -2.56. The number of nitrogens with one attached hydrogen (secondary N) is 1. The number of hydrogen-bond acceptors (Lipinski definition) is 4. The van der Waals surface area contributed by atoms with Gasteiger partial charge in [-0.15, -0.1) is 0 Å². The second kappa shape index (κ2) is 5.36. The molecule has 19 heavy (non-hydrogen) atoms. The van der Waals surface area contributed by atoms with Gasteiger partial charge < -0.3 is 10.2 Å². The van der Waals surface area contributed by atoms with E-state index in [1.54, 1.807) is 0 Å². The number of anilines is 1. The van der Waals surface area contributed by atoms with E-state index in [0.717, 1.165) is 26.2 Å². The summed E-state index contributed by atoms with van der Waals surface area (Å²) in [7, 11) is 0. The van der Waals surface area contributed by atoms with Gasteiger partial charge in [-0.1, -0.05) is 20.8 Å². The van der Waals surface area contributed by atoms with Gasteiger partial charge in [0, 0.05) is 37.7 Å². The summed E-state index contributed by atoms with van der Waals surface area (Å²) in [4.78, 5) is 10.5. The number of aromatic nitrogens is 2. The summed E-state index contributed by atoms with van der Waals surface area (Å²) in [6.07, 6.45) is -2.56. The first-order chi connectivity index (χ1) is 8.88. The monoisotopic (exact) mass is 270 g/mol. The lowest BCUT2D eigenvalue weighted by Crippen LogP contribution is -2.44. The molecule has 0 bridgehead atoms. The third kappa shape index (κ3) is 3.37. The highest BCUT2D eigenvalue weighted by Gasteiger charge is 2.23. The van der Waals surface area contributed by atoms with Crippen LogP contribution in [0.25, 0.3) is 0 Å². The molecule has 2 rings (SSSR count). The van der Waals surface area contributed by atoms with Crippen LogP contribution in [0.1, 0.15) is 38.7 Å². The van der Waals surface area contributed by atoms with Crippen LogP contribution in [0.3, 0.4) is 0 Å². The topological polar surface area (TPSA) is 41.1 Å². The zero-order chi connectivity index (χ0) is 14.0. The first-order valence-electron chi connectivity index (χ1n) is 6.51. The molecule has 0 saturated carbocycles. The molecule has 1 aliphatic rings. The van der Waals surface area contributed by atoms with Gasteiger partial charge in [0.05, 0.1) is 0 Å². The van der Waals surface area contributed by atoms with Crippen molar-refractivity contribution in [2.45, 2.75) is 32.6 Å². The summed E-state index contributed by atoms with van der Waals surface area (Å²) in [6, 6.07) is 1.41. The van der Waals surface area contributed by atoms with Crippen LogP contribution < -0.4 is 10.2 Å². The number of rotatable bonds is 2. The van der Waals surface area contributed by atoms with Gasteiger partial charge in [0.1, 0.15) is 17.3 Å². The number of alkyl halides is 2. The summed E-state index contributed by atoms with van der Waals surface area (Å²) in [6.45, 7) is 9.04. The second-order valence-electron chi connectivity index (χ2n) is 5.76. The molecule has 0 amide bonds. The Labute approximate surface area is 112 Å². The molecule has 1 saturated heterocycles. The average Bonchev–Trinajstić information content (AvgIpc) is 2.38. The molecule has 1 N–H and O–H groups in total. The Morgan fingerprint density at radius 2 is 1.84 bits per heavy atom. The van der Waals surface area contributed by atoms with Gasteiger partial charge in [0.15, 0.2) is 0 Å². The molecule has 6 heteroatoms. The molecule has 0 atom stereocenters. The van der Waals surface area contributed by atoms with Gasteiger partial charge in [0.2, 0.25) is 0 Å². The van der Waals surface area contributed by atoms with Crippen LogP contribution >= 0.6 is 0 Å². The number of hydrogen-bond donors (Lipinski definition) is 1. The molecule has 1 aromatic heterocycles. The van der Waals surface area contributed by atoms with E-state index in [4.69, 9.17) is 0 Å². The smallest absolute Gasteiger partial charge is 0.280 e. The van der Waals surface area contributed by atoms with E-state index < -0.39 is 6.43 Å². The maximum absolute atomic E-state index is 13.0. The van der Waals surface area contributed by atoms with E-state index in [2.05, 4.69) is 15.3 Å². The van der Waals surface area contributed by atoms with Gasteiger partial charge in [-0.05, 0) is 0 Å². The van der Waals surface area contributed by atoms with Gasteiger partial charge in [-0.2, -0.15) is 0 Å². The van der Waals surface area contributed by atoms with Crippen molar-refractivity contribution >= 4 is 5.82 Å². The Morgan fingerprint density at radius 3 is 2.37 bits per heavy atom. The molecule has 0 aliphatic carbocycles. The SMILES string of the molecule is CC(C)(C)c1nc(C(F)F)cc(N2CCNCC2)n1. The fourth-order valence-electron chi connectivity index (χ4n) is 1.96. The lowest BCUT2D eigenvalue weighted by Gasteiger charge is -2.30. The third-order valence-electron chi connectivity index (χ3n) is 3.07. The van der Waals surface area contributed by atoms with E-state index in [-0.39, 0.29) is 11.1 Å². The van der Waals surface area contributed by atoms with Crippen molar-refractivity contribution in [2.75, 3.05) is 31.1 Å². The summed E-state index contributed by atoms with van der Waals surface area (Å²) in [5.74, 6) is 1.08. The van der Waals surface area contributed by atoms with Crippen molar-refractivity contribution in [3.63, 3.8) is 0 Å². The molecular weight excluding hydrogens is 250 g/mol. The zero-order valence-corrected chi connectivity index (χ0v) is 11.6. The maximum atomic E-state index is 13.0. The number of nitrogens with zero attached hydrogens (tertiary/aromatic N) is 3. The maximum Gasteiger partial charge on any atom is 0.280 e. The van der Waals surface area contributed by atoms with Crippen LogP contribution in [0.5, 0.6) is 0 Å². The van der Waals surface area contributed by atoms with Gasteiger partial charge >= 0.3 is 0 Å². The van der Waals surface area contributed by atoms with Crippen molar-refractivity contribution in [2.24, 2.45) is 0 Å². The fourth-order valence-corrected chi connectivity index (χ4v) is 1.96. The van der Waals surface area contributed by atoms with Crippen molar-refractivity contribution in [1.29, 1.82) is 0 Å². The Bertz CT molecular complexity index is 437. The van der Waals surface area contributed by atoms with E-state index in [1.807, 2.05) is 25.7 Å². The highest BCUT2D eigenvalue weighted by atomic mass is 19.3. The van der Waals surface area contributed by atoms with Crippen LogP contribution in [-0.4, -0.2) is 36.1 Å². The van der Waals surface area contributed by atoms with Crippen molar-refractivity contribution in [3.8, 4) is 0 Å². The van der Waals surface area contributed by atoms with Crippen LogP contribution in [0.15, 0.2) is 6.07 Å².